The quantitative estimate of drug-likeness (QED) is 0.582. The van der Waals surface area contributed by atoms with Crippen molar-refractivity contribution in [3.63, 3.8) is 0 Å². The Balaban J connectivity index is 1.53. The Morgan fingerprint density at radius 1 is 1.00 bits per heavy atom. The molecule has 0 fully saturated rings. The van der Waals surface area contributed by atoms with Crippen molar-refractivity contribution in [2.45, 2.75) is 0 Å². The second-order valence-electron chi connectivity index (χ2n) is 6.09. The van der Waals surface area contributed by atoms with Crippen LogP contribution in [0.15, 0.2) is 54.7 Å². The third kappa shape index (κ3) is 4.12. The average Bonchev–Trinajstić information content (AvgIpc) is 3.07. The largest absolute Gasteiger partial charge is 0.497 e. The van der Waals surface area contributed by atoms with E-state index >= 15 is 0 Å². The number of carbonyl (C=O) groups excluding carboxylic acids is 3. The van der Waals surface area contributed by atoms with E-state index < -0.39 is 17.7 Å². The average molecular weight is 380 g/mol. The van der Waals surface area contributed by atoms with E-state index in [1.54, 1.807) is 30.5 Å². The van der Waals surface area contributed by atoms with Crippen LogP contribution in [0, 0.1) is 0 Å². The van der Waals surface area contributed by atoms with Crippen molar-refractivity contribution in [3.8, 4) is 5.75 Å². The molecule has 0 radical (unpaired) electrons. The normalized spacial score (nSPS) is 10.4. The van der Waals surface area contributed by atoms with Crippen molar-refractivity contribution < 1.29 is 19.1 Å². The Morgan fingerprint density at radius 2 is 1.79 bits per heavy atom. The summed E-state index contributed by atoms with van der Waals surface area (Å²) >= 11 is 0. The highest BCUT2D eigenvalue weighted by Crippen LogP contribution is 2.19. The minimum atomic E-state index is -0.551. The number of carbonyl (C=O) groups is 3. The minimum Gasteiger partial charge on any atom is -0.497 e. The number of nitrogens with zero attached hydrogens (tertiary/aromatic N) is 1. The highest BCUT2D eigenvalue weighted by atomic mass is 16.5. The van der Waals surface area contributed by atoms with E-state index in [1.807, 2.05) is 35.9 Å². The standard InChI is InChI=1S/C20H20N4O4/c1-24-12-16(15-8-3-4-9-17(15)24)20(27)23-22-18(25)11-21-19(26)13-6-5-7-14(10-13)28-2/h3-10,12H,11H2,1-2H3,(H,21,26)(H,22,25)(H,23,27). The van der Waals surface area contributed by atoms with Crippen LogP contribution in [-0.2, 0) is 11.8 Å². The van der Waals surface area contributed by atoms with Gasteiger partial charge in [0.2, 0.25) is 0 Å². The number of benzene rings is 2. The third-order valence-corrected chi connectivity index (χ3v) is 4.20. The van der Waals surface area contributed by atoms with Gasteiger partial charge in [0.25, 0.3) is 17.7 Å². The van der Waals surface area contributed by atoms with Gasteiger partial charge in [-0.3, -0.25) is 25.2 Å². The molecule has 0 aliphatic carbocycles. The van der Waals surface area contributed by atoms with Crippen LogP contribution < -0.4 is 20.9 Å². The lowest BCUT2D eigenvalue weighted by Gasteiger charge is -2.09. The molecular weight excluding hydrogens is 360 g/mol. The maximum Gasteiger partial charge on any atom is 0.271 e. The number of methoxy groups -OCH3 is 1. The molecule has 1 aromatic heterocycles. The van der Waals surface area contributed by atoms with Crippen molar-refractivity contribution in [2.75, 3.05) is 13.7 Å². The van der Waals surface area contributed by atoms with E-state index in [1.165, 1.54) is 7.11 Å². The van der Waals surface area contributed by atoms with Gasteiger partial charge in [-0.05, 0) is 24.3 Å². The highest BCUT2D eigenvalue weighted by Gasteiger charge is 2.14. The van der Waals surface area contributed by atoms with Gasteiger partial charge in [0, 0.05) is 29.7 Å². The molecule has 0 spiro atoms. The maximum atomic E-state index is 12.4. The molecule has 3 amide bonds. The predicted octanol–water partition coefficient (Wildman–Crippen LogP) is 1.38. The van der Waals surface area contributed by atoms with E-state index in [0.717, 1.165) is 10.9 Å². The molecule has 3 N–H and O–H groups in total. The zero-order chi connectivity index (χ0) is 20.1. The zero-order valence-electron chi connectivity index (χ0n) is 15.5. The Labute approximate surface area is 161 Å². The molecule has 0 atom stereocenters. The summed E-state index contributed by atoms with van der Waals surface area (Å²) in [4.78, 5) is 36.4. The van der Waals surface area contributed by atoms with Gasteiger partial charge in [0.15, 0.2) is 0 Å². The summed E-state index contributed by atoms with van der Waals surface area (Å²) in [6.07, 6.45) is 1.69. The van der Waals surface area contributed by atoms with E-state index in [4.69, 9.17) is 4.74 Å². The van der Waals surface area contributed by atoms with Crippen molar-refractivity contribution in [2.24, 2.45) is 7.05 Å². The van der Waals surface area contributed by atoms with Crippen LogP contribution in [0.3, 0.4) is 0 Å². The summed E-state index contributed by atoms with van der Waals surface area (Å²) < 4.78 is 6.90. The molecule has 144 valence electrons. The molecule has 0 aliphatic rings. The van der Waals surface area contributed by atoms with Crippen LogP contribution in [0.4, 0.5) is 0 Å². The fourth-order valence-electron chi connectivity index (χ4n) is 2.79. The molecule has 8 nitrogen and oxygen atoms in total. The summed E-state index contributed by atoms with van der Waals surface area (Å²) in [5, 5.41) is 3.27. The number of aryl methyl sites for hydroxylation is 1. The number of hydrogen-bond acceptors (Lipinski definition) is 4. The number of para-hydroxylation sites is 1. The van der Waals surface area contributed by atoms with Crippen molar-refractivity contribution in [3.05, 3.63) is 65.9 Å². The van der Waals surface area contributed by atoms with Gasteiger partial charge >= 0.3 is 0 Å². The molecule has 28 heavy (non-hydrogen) atoms. The lowest BCUT2D eigenvalue weighted by atomic mass is 10.2. The van der Waals surface area contributed by atoms with E-state index in [9.17, 15) is 14.4 Å². The molecule has 0 aliphatic heterocycles. The Kier molecular flexibility index (Phi) is 5.59. The lowest BCUT2D eigenvalue weighted by molar-refractivity contribution is -0.120. The van der Waals surface area contributed by atoms with Crippen molar-refractivity contribution >= 4 is 28.6 Å². The van der Waals surface area contributed by atoms with Crippen LogP contribution in [0.1, 0.15) is 20.7 Å². The molecule has 1 heterocycles. The SMILES string of the molecule is COc1cccc(C(=O)NCC(=O)NNC(=O)c2cn(C)c3ccccc23)c1. The molecule has 0 unspecified atom stereocenters. The van der Waals surface area contributed by atoms with Gasteiger partial charge < -0.3 is 14.6 Å². The number of fused-ring (bicyclic) bond motifs is 1. The van der Waals surface area contributed by atoms with Crippen molar-refractivity contribution in [1.82, 2.24) is 20.7 Å². The van der Waals surface area contributed by atoms with E-state index in [0.29, 0.717) is 16.9 Å². The molecular formula is C20H20N4O4. The van der Waals surface area contributed by atoms with Crippen LogP contribution in [-0.4, -0.2) is 35.9 Å². The summed E-state index contributed by atoms with van der Waals surface area (Å²) in [7, 11) is 3.34. The smallest absolute Gasteiger partial charge is 0.271 e. The third-order valence-electron chi connectivity index (χ3n) is 4.20. The van der Waals surface area contributed by atoms with E-state index in [2.05, 4.69) is 16.2 Å². The first-order valence-corrected chi connectivity index (χ1v) is 8.55. The highest BCUT2D eigenvalue weighted by molar-refractivity contribution is 6.07. The number of nitrogens with one attached hydrogen (secondary N) is 3. The minimum absolute atomic E-state index is 0.286. The summed E-state index contributed by atoms with van der Waals surface area (Å²) in [6.45, 7) is -0.286. The number of rotatable bonds is 5. The predicted molar refractivity (Wildman–Crippen MR) is 104 cm³/mol. The topological polar surface area (TPSA) is 101 Å². The zero-order valence-corrected chi connectivity index (χ0v) is 15.5. The Bertz CT molecular complexity index is 1040. The number of ether oxygens (including phenoxy) is 1. The van der Waals surface area contributed by atoms with Crippen molar-refractivity contribution in [1.29, 1.82) is 0 Å². The van der Waals surface area contributed by atoms with E-state index in [-0.39, 0.29) is 6.54 Å². The molecule has 3 rings (SSSR count). The molecule has 8 heteroatoms. The molecule has 3 aromatic rings. The molecule has 2 aromatic carbocycles. The molecule has 0 saturated heterocycles. The summed E-state index contributed by atoms with van der Waals surface area (Å²) in [6, 6.07) is 14.0. The molecule has 0 saturated carbocycles. The Morgan fingerprint density at radius 3 is 2.57 bits per heavy atom. The second kappa shape index (κ2) is 8.26. The first-order chi connectivity index (χ1) is 13.5. The van der Waals surface area contributed by atoms with Crippen LogP contribution in [0.25, 0.3) is 10.9 Å². The van der Waals surface area contributed by atoms with Gasteiger partial charge in [0.1, 0.15) is 5.75 Å². The lowest BCUT2D eigenvalue weighted by Crippen LogP contribution is -2.46. The monoisotopic (exact) mass is 380 g/mol. The van der Waals surface area contributed by atoms with Gasteiger partial charge in [-0.15, -0.1) is 0 Å². The fraction of sp³-hybridized carbons (Fsp3) is 0.150. The number of aromatic nitrogens is 1. The number of hydrogen-bond donors (Lipinski definition) is 3. The summed E-state index contributed by atoms with van der Waals surface area (Å²) in [5.41, 5.74) is 6.38. The van der Waals surface area contributed by atoms with Gasteiger partial charge in [-0.2, -0.15) is 0 Å². The van der Waals surface area contributed by atoms with Gasteiger partial charge in [0.05, 0.1) is 19.2 Å². The van der Waals surface area contributed by atoms with Crippen LogP contribution in [0.2, 0.25) is 0 Å². The number of amides is 3. The summed E-state index contributed by atoms with van der Waals surface area (Å²) in [5.74, 6) is -0.872. The molecule has 0 bridgehead atoms. The maximum absolute atomic E-state index is 12.4. The fourth-order valence-corrected chi connectivity index (χ4v) is 2.79. The van der Waals surface area contributed by atoms with Crippen LogP contribution >= 0.6 is 0 Å². The van der Waals surface area contributed by atoms with Gasteiger partial charge in [-0.25, -0.2) is 0 Å². The van der Waals surface area contributed by atoms with Gasteiger partial charge in [-0.1, -0.05) is 24.3 Å². The first-order valence-electron chi connectivity index (χ1n) is 8.55. The van der Waals surface area contributed by atoms with Crippen LogP contribution in [0.5, 0.6) is 5.75 Å². The second-order valence-corrected chi connectivity index (χ2v) is 6.09. The Hall–Kier alpha value is -3.81. The number of hydrazine groups is 1. The first kappa shape index (κ1) is 19.0.